The van der Waals surface area contributed by atoms with Crippen molar-refractivity contribution in [1.29, 1.82) is 0 Å². The Labute approximate surface area is 104 Å². The van der Waals surface area contributed by atoms with Gasteiger partial charge in [-0.25, -0.2) is 5.84 Å². The molecule has 0 aliphatic carbocycles. The smallest absolute Gasteiger partial charge is 0.241 e. The van der Waals surface area contributed by atoms with E-state index in [0.717, 1.165) is 37.4 Å². The van der Waals surface area contributed by atoms with Crippen LogP contribution in [-0.2, 0) is 0 Å². The Morgan fingerprint density at radius 3 is 2.78 bits per heavy atom. The molecular formula is C10H16N8. The fourth-order valence-electron chi connectivity index (χ4n) is 2.14. The maximum atomic E-state index is 5.39. The molecule has 0 amide bonds. The molecule has 8 heteroatoms. The van der Waals surface area contributed by atoms with E-state index < -0.39 is 0 Å². The molecule has 0 atom stereocenters. The highest BCUT2D eigenvalue weighted by Gasteiger charge is 2.19. The number of hydrogen-bond donors (Lipinski definition) is 3. The highest BCUT2D eigenvalue weighted by atomic mass is 15.3. The van der Waals surface area contributed by atoms with E-state index in [0.29, 0.717) is 11.6 Å². The molecule has 0 bridgehead atoms. The van der Waals surface area contributed by atoms with Gasteiger partial charge in [0, 0.05) is 26.2 Å². The molecule has 3 rings (SSSR count). The lowest BCUT2D eigenvalue weighted by Gasteiger charge is -2.33. The lowest BCUT2D eigenvalue weighted by molar-refractivity contribution is 0.312. The first-order valence-corrected chi connectivity index (χ1v) is 5.89. The van der Waals surface area contributed by atoms with Gasteiger partial charge in [-0.3, -0.25) is 10.5 Å². The summed E-state index contributed by atoms with van der Waals surface area (Å²) in [6.07, 6.45) is 1.75. The van der Waals surface area contributed by atoms with E-state index in [1.54, 1.807) is 6.20 Å². The van der Waals surface area contributed by atoms with E-state index >= 15 is 0 Å². The van der Waals surface area contributed by atoms with Gasteiger partial charge in [-0.1, -0.05) is 0 Å². The Morgan fingerprint density at radius 2 is 2.06 bits per heavy atom. The van der Waals surface area contributed by atoms with E-state index in [2.05, 4.69) is 42.4 Å². The monoisotopic (exact) mass is 248 g/mol. The Hall–Kier alpha value is -1.93. The molecule has 0 radical (unpaired) electrons. The van der Waals surface area contributed by atoms with Crippen molar-refractivity contribution < 1.29 is 0 Å². The fraction of sp³-hybridized carbons (Fsp3) is 0.500. The number of piperazine rings is 1. The van der Waals surface area contributed by atoms with Crippen molar-refractivity contribution in [1.82, 2.24) is 25.1 Å². The van der Waals surface area contributed by atoms with Crippen LogP contribution in [0.3, 0.4) is 0 Å². The van der Waals surface area contributed by atoms with Gasteiger partial charge in [0.15, 0.2) is 5.65 Å². The van der Waals surface area contributed by atoms with Crippen molar-refractivity contribution >= 4 is 22.8 Å². The molecule has 0 unspecified atom stereocenters. The summed E-state index contributed by atoms with van der Waals surface area (Å²) in [5, 5.41) is 7.79. The first-order chi connectivity index (χ1) is 8.78. The summed E-state index contributed by atoms with van der Waals surface area (Å²) in [6.45, 7) is 3.93. The molecule has 96 valence electrons. The second-order valence-corrected chi connectivity index (χ2v) is 4.44. The lowest BCUT2D eigenvalue weighted by atomic mass is 10.3. The first kappa shape index (κ1) is 11.2. The van der Waals surface area contributed by atoms with Gasteiger partial charge in [0.05, 0.1) is 11.6 Å². The number of nitrogen functional groups attached to an aromatic ring is 1. The van der Waals surface area contributed by atoms with Crippen molar-refractivity contribution in [3.05, 3.63) is 6.20 Å². The zero-order valence-electron chi connectivity index (χ0n) is 10.2. The van der Waals surface area contributed by atoms with Gasteiger partial charge in [0.25, 0.3) is 0 Å². The van der Waals surface area contributed by atoms with Crippen LogP contribution in [0.1, 0.15) is 0 Å². The lowest BCUT2D eigenvalue weighted by Crippen LogP contribution is -2.45. The third-order valence-electron chi connectivity index (χ3n) is 3.22. The molecule has 0 spiro atoms. The van der Waals surface area contributed by atoms with Crippen LogP contribution in [0, 0.1) is 0 Å². The van der Waals surface area contributed by atoms with Gasteiger partial charge in [0.1, 0.15) is 5.82 Å². The van der Waals surface area contributed by atoms with E-state index in [9.17, 15) is 0 Å². The summed E-state index contributed by atoms with van der Waals surface area (Å²) < 4.78 is 0. The van der Waals surface area contributed by atoms with Gasteiger partial charge in [0.2, 0.25) is 5.95 Å². The predicted octanol–water partition coefficient (Wildman–Crippen LogP) is -0.610. The molecule has 18 heavy (non-hydrogen) atoms. The Bertz CT molecular complexity index is 542. The molecule has 1 saturated heterocycles. The standard InChI is InChI=1S/C10H16N8/c1-17-2-4-18(5-3-17)9-7-6-12-16-8(7)13-10(14-9)15-11/h6H,2-5,11H2,1H3,(H2,12,13,14,15,16). The van der Waals surface area contributed by atoms with Crippen molar-refractivity contribution in [2.75, 3.05) is 43.6 Å². The number of nitrogens with one attached hydrogen (secondary N) is 2. The summed E-state index contributed by atoms with van der Waals surface area (Å²) in [4.78, 5) is 13.2. The van der Waals surface area contributed by atoms with Gasteiger partial charge >= 0.3 is 0 Å². The van der Waals surface area contributed by atoms with Crippen LogP contribution in [-0.4, -0.2) is 58.3 Å². The third-order valence-corrected chi connectivity index (χ3v) is 3.22. The number of anilines is 2. The van der Waals surface area contributed by atoms with Crippen LogP contribution < -0.4 is 16.2 Å². The highest BCUT2D eigenvalue weighted by molar-refractivity contribution is 5.87. The summed E-state index contributed by atoms with van der Waals surface area (Å²) in [5.41, 5.74) is 3.19. The Balaban J connectivity index is 2.01. The molecule has 3 heterocycles. The largest absolute Gasteiger partial charge is 0.353 e. The van der Waals surface area contributed by atoms with Crippen LogP contribution in [0.5, 0.6) is 0 Å². The minimum atomic E-state index is 0.403. The summed E-state index contributed by atoms with van der Waals surface area (Å²) >= 11 is 0. The fourth-order valence-corrected chi connectivity index (χ4v) is 2.14. The SMILES string of the molecule is CN1CCN(c2nc(NN)nc3[nH]ncc23)CC1. The van der Waals surface area contributed by atoms with Gasteiger partial charge in [-0.15, -0.1) is 0 Å². The predicted molar refractivity (Wildman–Crippen MR) is 69.2 cm³/mol. The van der Waals surface area contributed by atoms with Crippen molar-refractivity contribution in [2.24, 2.45) is 5.84 Å². The van der Waals surface area contributed by atoms with Crippen molar-refractivity contribution in [3.8, 4) is 0 Å². The molecule has 4 N–H and O–H groups in total. The minimum absolute atomic E-state index is 0.403. The number of aromatic nitrogens is 4. The highest BCUT2D eigenvalue weighted by Crippen LogP contribution is 2.24. The summed E-state index contributed by atoms with van der Waals surface area (Å²) in [6, 6.07) is 0. The zero-order chi connectivity index (χ0) is 12.5. The number of fused-ring (bicyclic) bond motifs is 1. The average Bonchev–Trinajstić information content (AvgIpc) is 2.86. The molecule has 0 aromatic carbocycles. The number of nitrogens with zero attached hydrogens (tertiary/aromatic N) is 5. The molecule has 2 aromatic heterocycles. The zero-order valence-corrected chi connectivity index (χ0v) is 10.2. The number of rotatable bonds is 2. The Kier molecular flexibility index (Phi) is 2.73. The second kappa shape index (κ2) is 4.39. The van der Waals surface area contributed by atoms with Crippen LogP contribution in [0.15, 0.2) is 6.20 Å². The number of hydrazine groups is 1. The molecule has 1 aliphatic heterocycles. The van der Waals surface area contributed by atoms with Crippen LogP contribution in [0.4, 0.5) is 11.8 Å². The number of aromatic amines is 1. The van der Waals surface area contributed by atoms with Crippen molar-refractivity contribution in [3.63, 3.8) is 0 Å². The summed E-state index contributed by atoms with van der Waals surface area (Å²) in [7, 11) is 2.12. The maximum Gasteiger partial charge on any atom is 0.241 e. The third kappa shape index (κ3) is 1.85. The van der Waals surface area contributed by atoms with Crippen molar-refractivity contribution in [2.45, 2.75) is 0 Å². The molecule has 0 saturated carbocycles. The van der Waals surface area contributed by atoms with E-state index in [1.165, 1.54) is 0 Å². The molecule has 1 fully saturated rings. The van der Waals surface area contributed by atoms with Crippen LogP contribution in [0.25, 0.3) is 11.0 Å². The average molecular weight is 248 g/mol. The second-order valence-electron chi connectivity index (χ2n) is 4.44. The number of likely N-dealkylation sites (N-methyl/N-ethyl adjacent to an activating group) is 1. The van der Waals surface area contributed by atoms with Gasteiger partial charge in [-0.05, 0) is 7.05 Å². The normalized spacial score (nSPS) is 17.3. The topological polar surface area (TPSA) is 99.0 Å². The van der Waals surface area contributed by atoms with E-state index in [1.807, 2.05) is 0 Å². The van der Waals surface area contributed by atoms with Gasteiger partial charge < -0.3 is 9.80 Å². The first-order valence-electron chi connectivity index (χ1n) is 5.89. The minimum Gasteiger partial charge on any atom is -0.353 e. The van der Waals surface area contributed by atoms with Crippen LogP contribution in [0.2, 0.25) is 0 Å². The molecular weight excluding hydrogens is 232 g/mol. The molecule has 1 aliphatic rings. The van der Waals surface area contributed by atoms with E-state index in [4.69, 9.17) is 5.84 Å². The Morgan fingerprint density at radius 1 is 1.28 bits per heavy atom. The maximum absolute atomic E-state index is 5.39. The summed E-state index contributed by atoms with van der Waals surface area (Å²) in [5.74, 6) is 6.68. The number of nitrogens with two attached hydrogens (primary N) is 1. The molecule has 8 nitrogen and oxygen atoms in total. The van der Waals surface area contributed by atoms with Gasteiger partial charge in [-0.2, -0.15) is 15.1 Å². The number of H-pyrrole nitrogens is 1. The van der Waals surface area contributed by atoms with E-state index in [-0.39, 0.29) is 0 Å². The van der Waals surface area contributed by atoms with Crippen LogP contribution >= 0.6 is 0 Å². The molecule has 2 aromatic rings. The number of hydrogen-bond acceptors (Lipinski definition) is 7. The quantitative estimate of drug-likeness (QED) is 0.481.